The number of carbonyl (C=O) groups is 1. The van der Waals surface area contributed by atoms with Crippen molar-refractivity contribution in [1.82, 2.24) is 5.32 Å². The number of benzene rings is 1. The number of hydrogen-bond donors (Lipinski definition) is 4. The molecule has 5 heteroatoms. The smallest absolute Gasteiger partial charge is 0.319 e. The number of amides is 2. The van der Waals surface area contributed by atoms with Gasteiger partial charge in [-0.05, 0) is 25.5 Å². The van der Waals surface area contributed by atoms with Crippen LogP contribution >= 0.6 is 0 Å². The number of amidine groups is 1. The summed E-state index contributed by atoms with van der Waals surface area (Å²) in [4.78, 5) is 11.4. The fourth-order valence-electron chi connectivity index (χ4n) is 1.29. The second-order valence-electron chi connectivity index (χ2n) is 3.88. The summed E-state index contributed by atoms with van der Waals surface area (Å²) in [5, 5.41) is 12.5. The van der Waals surface area contributed by atoms with Crippen LogP contribution in [-0.4, -0.2) is 18.4 Å². The van der Waals surface area contributed by atoms with Crippen molar-refractivity contribution >= 4 is 17.6 Å². The second-order valence-corrected chi connectivity index (χ2v) is 3.88. The van der Waals surface area contributed by atoms with Crippen molar-refractivity contribution < 1.29 is 4.79 Å². The van der Waals surface area contributed by atoms with Crippen LogP contribution in [0.3, 0.4) is 0 Å². The van der Waals surface area contributed by atoms with Gasteiger partial charge in [-0.3, -0.25) is 5.41 Å². The van der Waals surface area contributed by atoms with Crippen molar-refractivity contribution in [3.05, 3.63) is 29.8 Å². The van der Waals surface area contributed by atoms with Crippen LogP contribution in [-0.2, 0) is 0 Å². The van der Waals surface area contributed by atoms with E-state index in [1.807, 2.05) is 31.2 Å². The maximum Gasteiger partial charge on any atom is 0.319 e. The number of rotatable bonds is 5. The molecule has 0 heterocycles. The van der Waals surface area contributed by atoms with Crippen LogP contribution < -0.4 is 16.4 Å². The summed E-state index contributed by atoms with van der Waals surface area (Å²) in [7, 11) is 0. The van der Waals surface area contributed by atoms with Crippen LogP contribution in [0.15, 0.2) is 24.3 Å². The van der Waals surface area contributed by atoms with Gasteiger partial charge < -0.3 is 16.4 Å². The molecular formula is C12H18N4O. The molecule has 92 valence electrons. The van der Waals surface area contributed by atoms with Gasteiger partial charge in [0.2, 0.25) is 0 Å². The first-order valence-corrected chi connectivity index (χ1v) is 5.52. The van der Waals surface area contributed by atoms with Gasteiger partial charge in [-0.25, -0.2) is 4.79 Å². The fraction of sp³-hybridized carbons (Fsp3) is 0.333. The monoisotopic (exact) mass is 234 g/mol. The Balaban J connectivity index is 2.25. The van der Waals surface area contributed by atoms with Crippen molar-refractivity contribution in [3.8, 4) is 0 Å². The summed E-state index contributed by atoms with van der Waals surface area (Å²) in [6, 6.07) is 7.34. The highest BCUT2D eigenvalue weighted by atomic mass is 16.2. The van der Waals surface area contributed by atoms with Gasteiger partial charge in [0, 0.05) is 18.7 Å². The summed E-state index contributed by atoms with van der Waals surface area (Å²) in [6.45, 7) is 2.50. The van der Waals surface area contributed by atoms with E-state index >= 15 is 0 Å². The van der Waals surface area contributed by atoms with E-state index in [0.717, 1.165) is 11.3 Å². The lowest BCUT2D eigenvalue weighted by Gasteiger charge is -2.07. The minimum atomic E-state index is -0.239. The van der Waals surface area contributed by atoms with Crippen LogP contribution in [0.25, 0.3) is 0 Å². The Morgan fingerprint density at radius 3 is 2.59 bits per heavy atom. The predicted molar refractivity (Wildman–Crippen MR) is 69.3 cm³/mol. The first kappa shape index (κ1) is 13.0. The maximum absolute atomic E-state index is 11.4. The molecule has 0 atom stereocenters. The highest BCUT2D eigenvalue weighted by Gasteiger charge is 2.00. The number of hydrogen-bond acceptors (Lipinski definition) is 2. The number of urea groups is 1. The minimum absolute atomic E-state index is 0.144. The Bertz CT molecular complexity index is 386. The molecule has 0 saturated carbocycles. The quantitative estimate of drug-likeness (QED) is 0.355. The molecule has 0 radical (unpaired) electrons. The molecular weight excluding hydrogens is 216 g/mol. The van der Waals surface area contributed by atoms with Gasteiger partial charge in [0.05, 0.1) is 5.84 Å². The molecule has 0 aromatic heterocycles. The van der Waals surface area contributed by atoms with E-state index in [9.17, 15) is 4.79 Å². The molecule has 0 aliphatic rings. The SMILES string of the molecule is Cc1ccc(NC(=O)NCCCC(=N)N)cc1. The zero-order valence-electron chi connectivity index (χ0n) is 9.92. The molecule has 1 rings (SSSR count). The van der Waals surface area contributed by atoms with Crippen LogP contribution in [0.4, 0.5) is 10.5 Å². The third-order valence-corrected chi connectivity index (χ3v) is 2.22. The number of nitrogens with two attached hydrogens (primary N) is 1. The van der Waals surface area contributed by atoms with Crippen molar-refractivity contribution in [1.29, 1.82) is 5.41 Å². The van der Waals surface area contributed by atoms with Gasteiger partial charge in [0.15, 0.2) is 0 Å². The van der Waals surface area contributed by atoms with E-state index in [4.69, 9.17) is 11.1 Å². The van der Waals surface area contributed by atoms with Crippen LogP contribution in [0.2, 0.25) is 0 Å². The van der Waals surface area contributed by atoms with Crippen molar-refractivity contribution in [2.24, 2.45) is 5.73 Å². The molecule has 5 N–H and O–H groups in total. The van der Waals surface area contributed by atoms with E-state index in [0.29, 0.717) is 19.4 Å². The number of carbonyl (C=O) groups excluding carboxylic acids is 1. The third kappa shape index (κ3) is 5.55. The van der Waals surface area contributed by atoms with Crippen LogP contribution in [0, 0.1) is 12.3 Å². The molecule has 0 saturated heterocycles. The molecule has 0 spiro atoms. The predicted octanol–water partition coefficient (Wildman–Crippen LogP) is 1.83. The Labute approximate surface area is 101 Å². The van der Waals surface area contributed by atoms with Crippen molar-refractivity contribution in [2.45, 2.75) is 19.8 Å². The minimum Gasteiger partial charge on any atom is -0.388 e. The lowest BCUT2D eigenvalue weighted by Crippen LogP contribution is -2.30. The molecule has 1 aromatic carbocycles. The molecule has 0 unspecified atom stereocenters. The topological polar surface area (TPSA) is 91.0 Å². The first-order valence-electron chi connectivity index (χ1n) is 5.52. The van der Waals surface area contributed by atoms with E-state index in [1.165, 1.54) is 0 Å². The molecule has 17 heavy (non-hydrogen) atoms. The highest BCUT2D eigenvalue weighted by molar-refractivity contribution is 5.89. The largest absolute Gasteiger partial charge is 0.388 e. The Kier molecular flexibility index (Phi) is 5.00. The van der Waals surface area contributed by atoms with Gasteiger partial charge in [0.1, 0.15) is 0 Å². The lowest BCUT2D eigenvalue weighted by atomic mass is 10.2. The standard InChI is InChI=1S/C12H18N4O/c1-9-4-6-10(7-5-9)16-12(17)15-8-2-3-11(13)14/h4-7H,2-3,8H2,1H3,(H3,13,14)(H2,15,16,17). The Morgan fingerprint density at radius 1 is 1.35 bits per heavy atom. The molecule has 0 bridgehead atoms. The van der Waals surface area contributed by atoms with Gasteiger partial charge in [-0.1, -0.05) is 17.7 Å². The summed E-state index contributed by atoms with van der Waals surface area (Å²) < 4.78 is 0. The Morgan fingerprint density at radius 2 is 2.00 bits per heavy atom. The number of aryl methyl sites for hydroxylation is 1. The van der Waals surface area contributed by atoms with E-state index < -0.39 is 0 Å². The molecule has 5 nitrogen and oxygen atoms in total. The summed E-state index contributed by atoms with van der Waals surface area (Å²) >= 11 is 0. The maximum atomic E-state index is 11.4. The number of anilines is 1. The van der Waals surface area contributed by atoms with E-state index in [2.05, 4.69) is 10.6 Å². The molecule has 0 aliphatic heterocycles. The zero-order chi connectivity index (χ0) is 12.7. The van der Waals surface area contributed by atoms with Crippen molar-refractivity contribution in [2.75, 3.05) is 11.9 Å². The average Bonchev–Trinajstić information content (AvgIpc) is 2.27. The normalized spacial score (nSPS) is 9.71. The van der Waals surface area contributed by atoms with Crippen LogP contribution in [0.5, 0.6) is 0 Å². The van der Waals surface area contributed by atoms with Crippen LogP contribution in [0.1, 0.15) is 18.4 Å². The third-order valence-electron chi connectivity index (χ3n) is 2.22. The zero-order valence-corrected chi connectivity index (χ0v) is 9.92. The van der Waals surface area contributed by atoms with Gasteiger partial charge >= 0.3 is 6.03 Å². The Hall–Kier alpha value is -2.04. The second kappa shape index (κ2) is 6.52. The lowest BCUT2D eigenvalue weighted by molar-refractivity contribution is 0.252. The summed E-state index contributed by atoms with van der Waals surface area (Å²) in [5.41, 5.74) is 7.12. The molecule has 1 aromatic rings. The average molecular weight is 234 g/mol. The number of nitrogens with one attached hydrogen (secondary N) is 3. The first-order chi connectivity index (χ1) is 8.08. The highest BCUT2D eigenvalue weighted by Crippen LogP contribution is 2.07. The summed E-state index contributed by atoms with van der Waals surface area (Å²) in [5.74, 6) is 0.144. The van der Waals surface area contributed by atoms with Crippen molar-refractivity contribution in [3.63, 3.8) is 0 Å². The molecule has 0 fully saturated rings. The van der Waals surface area contributed by atoms with Gasteiger partial charge in [-0.2, -0.15) is 0 Å². The van der Waals surface area contributed by atoms with E-state index in [-0.39, 0.29) is 11.9 Å². The van der Waals surface area contributed by atoms with Gasteiger partial charge in [-0.15, -0.1) is 0 Å². The van der Waals surface area contributed by atoms with Gasteiger partial charge in [0.25, 0.3) is 0 Å². The molecule has 2 amide bonds. The molecule has 0 aliphatic carbocycles. The summed E-state index contributed by atoms with van der Waals surface area (Å²) in [6.07, 6.45) is 1.18. The fourth-order valence-corrected chi connectivity index (χ4v) is 1.29. The van der Waals surface area contributed by atoms with E-state index in [1.54, 1.807) is 0 Å².